The second kappa shape index (κ2) is 9.96. The summed E-state index contributed by atoms with van der Waals surface area (Å²) in [5, 5.41) is 6.11. The van der Waals surface area contributed by atoms with Gasteiger partial charge in [-0.05, 0) is 57.7 Å². The lowest BCUT2D eigenvalue weighted by Gasteiger charge is -2.29. The van der Waals surface area contributed by atoms with Gasteiger partial charge in [-0.25, -0.2) is 4.79 Å². The second-order valence-corrected chi connectivity index (χ2v) is 8.58. The molecule has 160 valence electrons. The maximum absolute atomic E-state index is 13.0. The number of benzene rings is 1. The van der Waals surface area contributed by atoms with E-state index in [1.165, 1.54) is 0 Å². The highest BCUT2D eigenvalue weighted by Gasteiger charge is 2.37. The Balaban J connectivity index is 1.97. The lowest BCUT2D eigenvalue weighted by molar-refractivity contribution is -0.140. The molecule has 2 N–H and O–H groups in total. The summed E-state index contributed by atoms with van der Waals surface area (Å²) in [6, 6.07) is 5.98. The fourth-order valence-electron chi connectivity index (χ4n) is 3.25. The van der Waals surface area contributed by atoms with Gasteiger partial charge in [-0.3, -0.25) is 9.59 Å². The summed E-state index contributed by atoms with van der Waals surface area (Å²) in [4.78, 5) is 39.3. The van der Waals surface area contributed by atoms with Gasteiger partial charge in [-0.1, -0.05) is 30.7 Å². The fourth-order valence-corrected chi connectivity index (χ4v) is 3.46. The SMILES string of the molecule is CC[C@@H](NC(=O)OC(C)(C)C)C(=O)N1CCC[C@H]1C(=O)NCc1cccc(Cl)c1. The van der Waals surface area contributed by atoms with Crippen LogP contribution in [0.4, 0.5) is 4.79 Å². The van der Waals surface area contributed by atoms with Crippen LogP contribution in [0.15, 0.2) is 24.3 Å². The summed E-state index contributed by atoms with van der Waals surface area (Å²) in [6.07, 6.45) is 1.10. The molecule has 2 atom stereocenters. The van der Waals surface area contributed by atoms with Crippen molar-refractivity contribution in [2.24, 2.45) is 0 Å². The minimum atomic E-state index is -0.730. The lowest BCUT2D eigenvalue weighted by atomic mass is 10.1. The molecule has 1 aromatic rings. The average Bonchev–Trinajstić information content (AvgIpc) is 3.12. The van der Waals surface area contributed by atoms with Gasteiger partial charge in [0.2, 0.25) is 11.8 Å². The van der Waals surface area contributed by atoms with Crippen LogP contribution in [0.1, 0.15) is 52.5 Å². The molecular formula is C21H30ClN3O4. The highest BCUT2D eigenvalue weighted by atomic mass is 35.5. The van der Waals surface area contributed by atoms with E-state index < -0.39 is 23.8 Å². The third-order valence-corrected chi connectivity index (χ3v) is 4.83. The molecule has 1 aliphatic rings. The number of carbonyl (C=O) groups excluding carboxylic acids is 3. The Morgan fingerprint density at radius 2 is 2.03 bits per heavy atom. The van der Waals surface area contributed by atoms with E-state index in [1.54, 1.807) is 37.8 Å². The molecule has 1 fully saturated rings. The highest BCUT2D eigenvalue weighted by molar-refractivity contribution is 6.30. The number of hydrogen-bond donors (Lipinski definition) is 2. The number of carbonyl (C=O) groups is 3. The van der Waals surface area contributed by atoms with Crippen molar-refractivity contribution >= 4 is 29.5 Å². The van der Waals surface area contributed by atoms with Crippen molar-refractivity contribution in [1.29, 1.82) is 0 Å². The van der Waals surface area contributed by atoms with Crippen LogP contribution in [-0.2, 0) is 20.9 Å². The number of alkyl carbamates (subject to hydrolysis) is 1. The molecule has 0 saturated carbocycles. The third kappa shape index (κ3) is 6.92. The topological polar surface area (TPSA) is 87.7 Å². The Hall–Kier alpha value is -2.28. The number of nitrogens with one attached hydrogen (secondary N) is 2. The molecule has 3 amide bonds. The van der Waals surface area contributed by atoms with Crippen molar-refractivity contribution in [2.75, 3.05) is 6.54 Å². The molecule has 2 rings (SSSR count). The normalized spacial score (nSPS) is 17.6. The first kappa shape index (κ1) is 23.0. The molecule has 7 nitrogen and oxygen atoms in total. The molecule has 0 spiro atoms. The monoisotopic (exact) mass is 423 g/mol. The predicted molar refractivity (Wildman–Crippen MR) is 111 cm³/mol. The zero-order chi connectivity index (χ0) is 21.6. The number of halogens is 1. The fraction of sp³-hybridized carbons (Fsp3) is 0.571. The van der Waals surface area contributed by atoms with Gasteiger partial charge in [0.25, 0.3) is 0 Å². The van der Waals surface area contributed by atoms with E-state index in [0.717, 1.165) is 12.0 Å². The summed E-state index contributed by atoms with van der Waals surface area (Å²) < 4.78 is 5.24. The Bertz CT molecular complexity index is 748. The predicted octanol–water partition coefficient (Wildman–Crippen LogP) is 3.25. The standard InChI is InChI=1S/C21H30ClN3O4/c1-5-16(24-20(28)29-21(2,3)4)19(27)25-11-7-10-17(25)18(26)23-13-14-8-6-9-15(22)12-14/h6,8-9,12,16-17H,5,7,10-11,13H2,1-4H3,(H,23,26)(H,24,28)/t16-,17+/m1/s1. The number of amides is 3. The molecule has 0 bridgehead atoms. The average molecular weight is 424 g/mol. The van der Waals surface area contributed by atoms with Crippen molar-refractivity contribution in [2.45, 2.75) is 71.2 Å². The molecule has 0 aliphatic carbocycles. The molecule has 0 unspecified atom stereocenters. The van der Waals surface area contributed by atoms with E-state index in [2.05, 4.69) is 10.6 Å². The van der Waals surface area contributed by atoms with E-state index >= 15 is 0 Å². The van der Waals surface area contributed by atoms with Crippen molar-refractivity contribution in [3.8, 4) is 0 Å². The van der Waals surface area contributed by atoms with E-state index in [4.69, 9.17) is 16.3 Å². The van der Waals surface area contributed by atoms with Gasteiger partial charge in [-0.2, -0.15) is 0 Å². The summed E-state index contributed by atoms with van der Waals surface area (Å²) >= 11 is 5.97. The van der Waals surface area contributed by atoms with E-state index in [0.29, 0.717) is 31.0 Å². The first-order chi connectivity index (χ1) is 13.6. The third-order valence-electron chi connectivity index (χ3n) is 4.59. The maximum Gasteiger partial charge on any atom is 0.408 e. The van der Waals surface area contributed by atoms with Crippen LogP contribution in [0, 0.1) is 0 Å². The minimum absolute atomic E-state index is 0.206. The molecule has 1 heterocycles. The number of likely N-dealkylation sites (tertiary alicyclic amines) is 1. The van der Waals surface area contributed by atoms with Crippen LogP contribution >= 0.6 is 11.6 Å². The largest absolute Gasteiger partial charge is 0.444 e. The summed E-state index contributed by atoms with van der Waals surface area (Å²) in [7, 11) is 0. The second-order valence-electron chi connectivity index (χ2n) is 8.14. The minimum Gasteiger partial charge on any atom is -0.444 e. The van der Waals surface area contributed by atoms with Crippen LogP contribution in [0.3, 0.4) is 0 Å². The first-order valence-electron chi connectivity index (χ1n) is 9.93. The maximum atomic E-state index is 13.0. The van der Waals surface area contributed by atoms with Crippen molar-refractivity contribution < 1.29 is 19.1 Å². The Kier molecular flexibility index (Phi) is 7.90. The molecule has 8 heteroatoms. The van der Waals surface area contributed by atoms with Crippen LogP contribution in [-0.4, -0.2) is 47.0 Å². The van der Waals surface area contributed by atoms with Gasteiger partial charge >= 0.3 is 6.09 Å². The van der Waals surface area contributed by atoms with Gasteiger partial charge in [0, 0.05) is 18.1 Å². The number of hydrogen-bond acceptors (Lipinski definition) is 4. The molecule has 1 aliphatic heterocycles. The molecular weight excluding hydrogens is 394 g/mol. The number of rotatable bonds is 6. The molecule has 29 heavy (non-hydrogen) atoms. The molecule has 1 saturated heterocycles. The number of ether oxygens (including phenoxy) is 1. The molecule has 1 aromatic carbocycles. The zero-order valence-electron chi connectivity index (χ0n) is 17.5. The van der Waals surface area contributed by atoms with E-state index in [-0.39, 0.29) is 11.8 Å². The van der Waals surface area contributed by atoms with Crippen LogP contribution in [0.5, 0.6) is 0 Å². The van der Waals surface area contributed by atoms with Crippen LogP contribution < -0.4 is 10.6 Å². The van der Waals surface area contributed by atoms with Gasteiger partial charge in [0.1, 0.15) is 17.7 Å². The summed E-state index contributed by atoms with van der Waals surface area (Å²) in [5.41, 5.74) is 0.238. The van der Waals surface area contributed by atoms with Crippen LogP contribution in [0.2, 0.25) is 5.02 Å². The summed E-state index contributed by atoms with van der Waals surface area (Å²) in [5.74, 6) is -0.471. The van der Waals surface area contributed by atoms with Gasteiger partial charge in [-0.15, -0.1) is 0 Å². The quantitative estimate of drug-likeness (QED) is 0.735. The van der Waals surface area contributed by atoms with E-state index in [1.807, 2.05) is 19.1 Å². The highest BCUT2D eigenvalue weighted by Crippen LogP contribution is 2.20. The summed E-state index contributed by atoms with van der Waals surface area (Å²) in [6.45, 7) is 7.92. The van der Waals surface area contributed by atoms with Crippen LogP contribution in [0.25, 0.3) is 0 Å². The lowest BCUT2D eigenvalue weighted by Crippen LogP contribution is -2.53. The zero-order valence-corrected chi connectivity index (χ0v) is 18.2. The van der Waals surface area contributed by atoms with Crippen molar-refractivity contribution in [3.05, 3.63) is 34.9 Å². The molecule has 0 aromatic heterocycles. The van der Waals surface area contributed by atoms with Gasteiger partial charge in [0.15, 0.2) is 0 Å². The Morgan fingerprint density at radius 3 is 2.66 bits per heavy atom. The molecule has 0 radical (unpaired) electrons. The Labute approximate surface area is 177 Å². The van der Waals surface area contributed by atoms with Crippen molar-refractivity contribution in [3.63, 3.8) is 0 Å². The Morgan fingerprint density at radius 1 is 1.31 bits per heavy atom. The smallest absolute Gasteiger partial charge is 0.408 e. The number of nitrogens with zero attached hydrogens (tertiary/aromatic N) is 1. The first-order valence-corrected chi connectivity index (χ1v) is 10.3. The van der Waals surface area contributed by atoms with Crippen molar-refractivity contribution in [1.82, 2.24) is 15.5 Å². The van der Waals surface area contributed by atoms with E-state index in [9.17, 15) is 14.4 Å². The van der Waals surface area contributed by atoms with Gasteiger partial charge in [0.05, 0.1) is 0 Å². The van der Waals surface area contributed by atoms with Gasteiger partial charge < -0.3 is 20.3 Å².